The molecule has 0 radical (unpaired) electrons. The number of anilines is 1. The van der Waals surface area contributed by atoms with Crippen LogP contribution in [0.3, 0.4) is 0 Å². The molecule has 0 spiro atoms. The van der Waals surface area contributed by atoms with Gasteiger partial charge in [-0.15, -0.1) is 0 Å². The molecule has 88 valence electrons. The Morgan fingerprint density at radius 2 is 2.00 bits per heavy atom. The minimum atomic E-state index is 0.513. The van der Waals surface area contributed by atoms with E-state index in [0.29, 0.717) is 11.6 Å². The highest BCUT2D eigenvalue weighted by molar-refractivity contribution is 9.10. The first-order valence-electron chi connectivity index (χ1n) is 5.50. The SMILES string of the molecule is CCc1cc(N)nc(-c2ccc(C)cc2Br)n1. The number of benzene rings is 1. The molecule has 4 heteroatoms. The van der Waals surface area contributed by atoms with Crippen LogP contribution in [-0.4, -0.2) is 9.97 Å². The molecule has 0 unspecified atom stereocenters. The van der Waals surface area contributed by atoms with Crippen LogP contribution in [0.25, 0.3) is 11.4 Å². The zero-order valence-corrected chi connectivity index (χ0v) is 11.5. The van der Waals surface area contributed by atoms with E-state index in [1.807, 2.05) is 31.2 Å². The van der Waals surface area contributed by atoms with Gasteiger partial charge in [-0.25, -0.2) is 9.97 Å². The van der Waals surface area contributed by atoms with Gasteiger partial charge in [-0.1, -0.05) is 28.9 Å². The van der Waals surface area contributed by atoms with Crippen molar-refractivity contribution in [1.29, 1.82) is 0 Å². The van der Waals surface area contributed by atoms with Gasteiger partial charge in [0, 0.05) is 21.8 Å². The third-order valence-electron chi connectivity index (χ3n) is 2.53. The zero-order valence-electron chi connectivity index (χ0n) is 9.87. The van der Waals surface area contributed by atoms with Crippen molar-refractivity contribution >= 4 is 21.7 Å². The lowest BCUT2D eigenvalue weighted by Crippen LogP contribution is -2.00. The van der Waals surface area contributed by atoms with E-state index in [2.05, 4.69) is 32.8 Å². The summed E-state index contributed by atoms with van der Waals surface area (Å²) in [7, 11) is 0. The lowest BCUT2D eigenvalue weighted by atomic mass is 10.1. The monoisotopic (exact) mass is 291 g/mol. The third kappa shape index (κ3) is 2.64. The first kappa shape index (κ1) is 12.0. The van der Waals surface area contributed by atoms with Gasteiger partial charge in [0.05, 0.1) is 0 Å². The lowest BCUT2D eigenvalue weighted by molar-refractivity contribution is 1.01. The Hall–Kier alpha value is -1.42. The van der Waals surface area contributed by atoms with E-state index in [4.69, 9.17) is 5.73 Å². The highest BCUT2D eigenvalue weighted by Gasteiger charge is 2.08. The van der Waals surface area contributed by atoms with Crippen molar-refractivity contribution in [3.63, 3.8) is 0 Å². The average Bonchev–Trinajstić information content (AvgIpc) is 2.28. The molecule has 0 aliphatic heterocycles. The molecule has 0 aliphatic rings. The molecule has 2 rings (SSSR count). The van der Waals surface area contributed by atoms with Crippen molar-refractivity contribution in [3.05, 3.63) is 40.0 Å². The highest BCUT2D eigenvalue weighted by Crippen LogP contribution is 2.27. The van der Waals surface area contributed by atoms with Crippen LogP contribution >= 0.6 is 15.9 Å². The molecule has 0 atom stereocenters. The summed E-state index contributed by atoms with van der Waals surface area (Å²) >= 11 is 3.53. The predicted molar refractivity (Wildman–Crippen MR) is 73.7 cm³/mol. The minimum absolute atomic E-state index is 0.513. The summed E-state index contributed by atoms with van der Waals surface area (Å²) in [6.45, 7) is 4.10. The number of aromatic nitrogens is 2. The first-order chi connectivity index (χ1) is 8.10. The third-order valence-corrected chi connectivity index (χ3v) is 3.18. The van der Waals surface area contributed by atoms with E-state index in [1.54, 1.807) is 0 Å². The molecular formula is C13H14BrN3. The maximum absolute atomic E-state index is 5.79. The Bertz CT molecular complexity index is 552. The lowest BCUT2D eigenvalue weighted by Gasteiger charge is -2.07. The van der Waals surface area contributed by atoms with Gasteiger partial charge in [-0.05, 0) is 31.0 Å². The van der Waals surface area contributed by atoms with Crippen molar-refractivity contribution in [1.82, 2.24) is 9.97 Å². The van der Waals surface area contributed by atoms with Gasteiger partial charge in [-0.2, -0.15) is 0 Å². The second-order valence-electron chi connectivity index (χ2n) is 3.94. The van der Waals surface area contributed by atoms with Crippen molar-refractivity contribution in [2.75, 3.05) is 5.73 Å². The van der Waals surface area contributed by atoms with Crippen LogP contribution in [-0.2, 0) is 6.42 Å². The molecule has 3 nitrogen and oxygen atoms in total. The first-order valence-corrected chi connectivity index (χ1v) is 6.29. The molecule has 0 amide bonds. The molecule has 0 saturated carbocycles. The van der Waals surface area contributed by atoms with Gasteiger partial charge < -0.3 is 5.73 Å². The molecule has 2 N–H and O–H groups in total. The Labute approximate surface area is 109 Å². The van der Waals surface area contributed by atoms with E-state index in [-0.39, 0.29) is 0 Å². The number of nitrogen functional groups attached to an aromatic ring is 1. The Balaban J connectivity index is 2.55. The molecule has 1 aromatic carbocycles. The topological polar surface area (TPSA) is 51.8 Å². The summed E-state index contributed by atoms with van der Waals surface area (Å²) in [6.07, 6.45) is 0.850. The number of hydrogen-bond donors (Lipinski definition) is 1. The highest BCUT2D eigenvalue weighted by atomic mass is 79.9. The summed E-state index contributed by atoms with van der Waals surface area (Å²) in [4.78, 5) is 8.77. The van der Waals surface area contributed by atoms with Crippen molar-refractivity contribution in [3.8, 4) is 11.4 Å². The van der Waals surface area contributed by atoms with E-state index >= 15 is 0 Å². The van der Waals surface area contributed by atoms with Gasteiger partial charge >= 0.3 is 0 Å². The molecule has 17 heavy (non-hydrogen) atoms. The fraction of sp³-hybridized carbons (Fsp3) is 0.231. The maximum atomic E-state index is 5.79. The quantitative estimate of drug-likeness (QED) is 0.923. The molecule has 0 fully saturated rings. The number of nitrogens with zero attached hydrogens (tertiary/aromatic N) is 2. The number of aryl methyl sites for hydroxylation is 2. The summed E-state index contributed by atoms with van der Waals surface area (Å²) in [5, 5.41) is 0. The maximum Gasteiger partial charge on any atom is 0.162 e. The van der Waals surface area contributed by atoms with Gasteiger partial charge in [0.25, 0.3) is 0 Å². The molecular weight excluding hydrogens is 278 g/mol. The minimum Gasteiger partial charge on any atom is -0.384 e. The Morgan fingerprint density at radius 1 is 1.24 bits per heavy atom. The summed E-state index contributed by atoms with van der Waals surface area (Å²) in [6, 6.07) is 7.91. The number of hydrogen-bond acceptors (Lipinski definition) is 3. The zero-order chi connectivity index (χ0) is 12.4. The Morgan fingerprint density at radius 3 is 2.65 bits per heavy atom. The fourth-order valence-corrected chi connectivity index (χ4v) is 2.29. The summed E-state index contributed by atoms with van der Waals surface area (Å²) in [5.41, 5.74) is 8.91. The van der Waals surface area contributed by atoms with Crippen LogP contribution in [0.1, 0.15) is 18.2 Å². The summed E-state index contributed by atoms with van der Waals surface area (Å²) in [5.74, 6) is 1.19. The smallest absolute Gasteiger partial charge is 0.162 e. The van der Waals surface area contributed by atoms with Crippen molar-refractivity contribution < 1.29 is 0 Å². The molecule has 1 aromatic heterocycles. The van der Waals surface area contributed by atoms with E-state index in [0.717, 1.165) is 22.2 Å². The molecule has 0 saturated heterocycles. The van der Waals surface area contributed by atoms with Gasteiger partial charge in [0.1, 0.15) is 5.82 Å². The number of rotatable bonds is 2. The van der Waals surface area contributed by atoms with Crippen LogP contribution in [0.2, 0.25) is 0 Å². The average molecular weight is 292 g/mol. The molecule has 2 aromatic rings. The van der Waals surface area contributed by atoms with E-state index < -0.39 is 0 Å². The largest absolute Gasteiger partial charge is 0.384 e. The van der Waals surface area contributed by atoms with Gasteiger partial charge in [0.15, 0.2) is 5.82 Å². The van der Waals surface area contributed by atoms with Gasteiger partial charge in [-0.3, -0.25) is 0 Å². The van der Waals surface area contributed by atoms with Crippen LogP contribution in [0.5, 0.6) is 0 Å². The molecule has 1 heterocycles. The molecule has 0 aliphatic carbocycles. The van der Waals surface area contributed by atoms with Crippen LogP contribution < -0.4 is 5.73 Å². The second kappa shape index (κ2) is 4.84. The van der Waals surface area contributed by atoms with Crippen LogP contribution in [0.4, 0.5) is 5.82 Å². The fourth-order valence-electron chi connectivity index (χ4n) is 1.62. The van der Waals surface area contributed by atoms with Crippen LogP contribution in [0.15, 0.2) is 28.7 Å². The number of nitrogens with two attached hydrogens (primary N) is 1. The Kier molecular flexibility index (Phi) is 3.43. The van der Waals surface area contributed by atoms with E-state index in [9.17, 15) is 0 Å². The van der Waals surface area contributed by atoms with Crippen molar-refractivity contribution in [2.24, 2.45) is 0 Å². The van der Waals surface area contributed by atoms with Crippen LogP contribution in [0, 0.1) is 6.92 Å². The molecule has 0 bridgehead atoms. The second-order valence-corrected chi connectivity index (χ2v) is 4.80. The summed E-state index contributed by atoms with van der Waals surface area (Å²) < 4.78 is 0.991. The number of halogens is 1. The van der Waals surface area contributed by atoms with Crippen molar-refractivity contribution in [2.45, 2.75) is 20.3 Å². The predicted octanol–water partition coefficient (Wildman–Crippen LogP) is 3.36. The normalized spacial score (nSPS) is 10.5. The standard InChI is InChI=1S/C13H14BrN3/c1-3-9-7-12(15)17-13(16-9)10-5-4-8(2)6-11(10)14/h4-7H,3H2,1-2H3,(H2,15,16,17). The van der Waals surface area contributed by atoms with E-state index in [1.165, 1.54) is 5.56 Å². The van der Waals surface area contributed by atoms with Gasteiger partial charge in [0.2, 0.25) is 0 Å².